The van der Waals surface area contributed by atoms with E-state index in [1.807, 2.05) is 36.4 Å². The standard InChI is InChI=1S/C16H16N2O2/c19-10-12-6-2-4-8-14(12)18-16(20)15-9-11-5-1-3-7-13(11)17-15/h1-8,15,17,19H,9-10H2,(H,18,20)/t15-/m0/s1. The highest BCUT2D eigenvalue weighted by Crippen LogP contribution is 2.26. The van der Waals surface area contributed by atoms with Gasteiger partial charge in [-0.3, -0.25) is 4.79 Å². The van der Waals surface area contributed by atoms with Gasteiger partial charge in [0.2, 0.25) is 5.91 Å². The van der Waals surface area contributed by atoms with Crippen LogP contribution in [0.3, 0.4) is 0 Å². The first-order valence-electron chi connectivity index (χ1n) is 6.62. The number of para-hydroxylation sites is 2. The van der Waals surface area contributed by atoms with Crippen molar-refractivity contribution in [3.63, 3.8) is 0 Å². The molecular formula is C16H16N2O2. The monoisotopic (exact) mass is 268 g/mol. The lowest BCUT2D eigenvalue weighted by Gasteiger charge is -2.14. The number of fused-ring (bicyclic) bond motifs is 1. The predicted molar refractivity (Wildman–Crippen MR) is 78.6 cm³/mol. The second-order valence-corrected chi connectivity index (χ2v) is 4.86. The number of carbonyl (C=O) groups excluding carboxylic acids is 1. The number of benzene rings is 2. The molecule has 1 aliphatic heterocycles. The second kappa shape index (κ2) is 5.35. The Kier molecular flexibility index (Phi) is 3.39. The van der Waals surface area contributed by atoms with E-state index in [2.05, 4.69) is 10.6 Å². The summed E-state index contributed by atoms with van der Waals surface area (Å²) in [6.45, 7) is -0.0885. The molecule has 1 atom stereocenters. The Morgan fingerprint density at radius 1 is 1.20 bits per heavy atom. The largest absolute Gasteiger partial charge is 0.392 e. The van der Waals surface area contributed by atoms with Gasteiger partial charge in [-0.05, 0) is 17.7 Å². The summed E-state index contributed by atoms with van der Waals surface area (Å²) >= 11 is 0. The fraction of sp³-hybridized carbons (Fsp3) is 0.188. The molecule has 1 heterocycles. The fourth-order valence-corrected chi connectivity index (χ4v) is 2.46. The minimum atomic E-state index is -0.265. The molecule has 3 rings (SSSR count). The second-order valence-electron chi connectivity index (χ2n) is 4.86. The van der Waals surface area contributed by atoms with Gasteiger partial charge in [0.15, 0.2) is 0 Å². The van der Waals surface area contributed by atoms with Gasteiger partial charge in [0.25, 0.3) is 0 Å². The lowest BCUT2D eigenvalue weighted by Crippen LogP contribution is -2.33. The van der Waals surface area contributed by atoms with Crippen LogP contribution in [0.5, 0.6) is 0 Å². The van der Waals surface area contributed by atoms with E-state index in [1.165, 1.54) is 0 Å². The molecule has 0 saturated carbocycles. The Morgan fingerprint density at radius 3 is 2.75 bits per heavy atom. The van der Waals surface area contributed by atoms with Gasteiger partial charge in [-0.2, -0.15) is 0 Å². The normalized spacial score (nSPS) is 16.4. The molecule has 2 aromatic rings. The summed E-state index contributed by atoms with van der Waals surface area (Å²) in [7, 11) is 0. The number of amides is 1. The lowest BCUT2D eigenvalue weighted by molar-refractivity contribution is -0.116. The van der Waals surface area contributed by atoms with Crippen LogP contribution in [0.1, 0.15) is 11.1 Å². The van der Waals surface area contributed by atoms with Crippen molar-refractivity contribution in [3.8, 4) is 0 Å². The highest BCUT2D eigenvalue weighted by molar-refractivity contribution is 5.98. The summed E-state index contributed by atoms with van der Waals surface area (Å²) in [5.74, 6) is -0.0814. The van der Waals surface area contributed by atoms with Crippen molar-refractivity contribution in [1.82, 2.24) is 0 Å². The molecule has 0 bridgehead atoms. The summed E-state index contributed by atoms with van der Waals surface area (Å²) in [4.78, 5) is 12.3. The van der Waals surface area contributed by atoms with Gasteiger partial charge in [0.1, 0.15) is 6.04 Å². The summed E-state index contributed by atoms with van der Waals surface area (Å²) < 4.78 is 0. The maximum absolute atomic E-state index is 12.3. The molecule has 0 saturated heterocycles. The topological polar surface area (TPSA) is 61.4 Å². The Hall–Kier alpha value is -2.33. The first kappa shape index (κ1) is 12.7. The van der Waals surface area contributed by atoms with Crippen LogP contribution in [-0.2, 0) is 17.8 Å². The predicted octanol–water partition coefficient (Wildman–Crippen LogP) is 2.15. The Balaban J connectivity index is 1.72. The molecule has 1 aliphatic rings. The minimum absolute atomic E-state index is 0.0814. The van der Waals surface area contributed by atoms with E-state index >= 15 is 0 Å². The van der Waals surface area contributed by atoms with Crippen LogP contribution >= 0.6 is 0 Å². The molecule has 0 aromatic heterocycles. The Labute approximate surface area is 117 Å². The van der Waals surface area contributed by atoms with E-state index in [9.17, 15) is 9.90 Å². The van der Waals surface area contributed by atoms with Crippen LogP contribution in [0.2, 0.25) is 0 Å². The maximum atomic E-state index is 12.3. The zero-order valence-corrected chi connectivity index (χ0v) is 11.0. The average Bonchev–Trinajstić information content (AvgIpc) is 2.92. The van der Waals surface area contributed by atoms with Crippen molar-refractivity contribution in [2.24, 2.45) is 0 Å². The van der Waals surface area contributed by atoms with Crippen molar-refractivity contribution in [2.75, 3.05) is 10.6 Å². The molecule has 0 unspecified atom stereocenters. The summed E-state index contributed by atoms with van der Waals surface area (Å²) in [6, 6.07) is 14.9. The molecule has 1 amide bonds. The molecule has 3 N–H and O–H groups in total. The first-order valence-corrected chi connectivity index (χ1v) is 6.62. The highest BCUT2D eigenvalue weighted by atomic mass is 16.3. The number of anilines is 2. The van der Waals surface area contributed by atoms with Gasteiger partial charge < -0.3 is 15.7 Å². The zero-order chi connectivity index (χ0) is 13.9. The smallest absolute Gasteiger partial charge is 0.247 e. The molecule has 0 fully saturated rings. The molecule has 102 valence electrons. The molecule has 0 radical (unpaired) electrons. The number of aliphatic hydroxyl groups is 1. The van der Waals surface area contributed by atoms with E-state index in [0.717, 1.165) is 16.8 Å². The quantitative estimate of drug-likeness (QED) is 0.799. The van der Waals surface area contributed by atoms with Crippen LogP contribution in [0.15, 0.2) is 48.5 Å². The van der Waals surface area contributed by atoms with E-state index < -0.39 is 0 Å². The highest BCUT2D eigenvalue weighted by Gasteiger charge is 2.26. The number of aliphatic hydroxyl groups excluding tert-OH is 1. The van der Waals surface area contributed by atoms with E-state index in [-0.39, 0.29) is 18.6 Å². The van der Waals surface area contributed by atoms with E-state index in [0.29, 0.717) is 12.1 Å². The van der Waals surface area contributed by atoms with Gasteiger partial charge in [0, 0.05) is 23.4 Å². The van der Waals surface area contributed by atoms with Crippen LogP contribution < -0.4 is 10.6 Å². The van der Waals surface area contributed by atoms with Gasteiger partial charge >= 0.3 is 0 Å². The van der Waals surface area contributed by atoms with Crippen molar-refractivity contribution in [2.45, 2.75) is 19.1 Å². The van der Waals surface area contributed by atoms with Gasteiger partial charge in [-0.1, -0.05) is 36.4 Å². The number of nitrogens with one attached hydrogen (secondary N) is 2. The van der Waals surface area contributed by atoms with Crippen LogP contribution in [0.25, 0.3) is 0 Å². The van der Waals surface area contributed by atoms with Crippen LogP contribution in [0.4, 0.5) is 11.4 Å². The molecular weight excluding hydrogens is 252 g/mol. The third-order valence-electron chi connectivity index (χ3n) is 3.53. The van der Waals surface area contributed by atoms with Gasteiger partial charge in [-0.15, -0.1) is 0 Å². The molecule has 20 heavy (non-hydrogen) atoms. The zero-order valence-electron chi connectivity index (χ0n) is 11.0. The number of carbonyl (C=O) groups is 1. The van der Waals surface area contributed by atoms with Crippen LogP contribution in [-0.4, -0.2) is 17.1 Å². The van der Waals surface area contributed by atoms with Crippen LogP contribution in [0, 0.1) is 0 Å². The van der Waals surface area contributed by atoms with Crippen molar-refractivity contribution >= 4 is 17.3 Å². The van der Waals surface area contributed by atoms with Gasteiger partial charge in [0.05, 0.1) is 6.61 Å². The molecule has 4 nitrogen and oxygen atoms in total. The Bertz CT molecular complexity index is 615. The number of hydrogen-bond donors (Lipinski definition) is 3. The summed E-state index contributed by atoms with van der Waals surface area (Å²) in [6.07, 6.45) is 0.684. The van der Waals surface area contributed by atoms with Crippen molar-refractivity contribution in [1.29, 1.82) is 0 Å². The third-order valence-corrected chi connectivity index (χ3v) is 3.53. The number of hydrogen-bond acceptors (Lipinski definition) is 3. The van der Waals surface area contributed by atoms with Crippen molar-refractivity contribution < 1.29 is 9.90 Å². The Morgan fingerprint density at radius 2 is 1.95 bits per heavy atom. The SMILES string of the molecule is O=C(Nc1ccccc1CO)[C@@H]1Cc2ccccc2N1. The first-order chi connectivity index (χ1) is 9.78. The van der Waals surface area contributed by atoms with Crippen molar-refractivity contribution in [3.05, 3.63) is 59.7 Å². The minimum Gasteiger partial charge on any atom is -0.392 e. The summed E-state index contributed by atoms with van der Waals surface area (Å²) in [5, 5.41) is 15.4. The number of rotatable bonds is 3. The summed E-state index contributed by atoms with van der Waals surface area (Å²) in [5.41, 5.74) is 3.56. The lowest BCUT2D eigenvalue weighted by atomic mass is 10.1. The maximum Gasteiger partial charge on any atom is 0.247 e. The fourth-order valence-electron chi connectivity index (χ4n) is 2.46. The third kappa shape index (κ3) is 2.38. The molecule has 0 aliphatic carbocycles. The van der Waals surface area contributed by atoms with E-state index in [4.69, 9.17) is 0 Å². The molecule has 0 spiro atoms. The molecule has 2 aromatic carbocycles. The average molecular weight is 268 g/mol. The van der Waals surface area contributed by atoms with Gasteiger partial charge in [-0.25, -0.2) is 0 Å². The molecule has 4 heteroatoms. The van der Waals surface area contributed by atoms with E-state index in [1.54, 1.807) is 12.1 Å².